The minimum absolute atomic E-state index is 0.0209. The van der Waals surface area contributed by atoms with Crippen molar-refractivity contribution in [2.24, 2.45) is 0 Å². The molecule has 1 saturated heterocycles. The highest BCUT2D eigenvalue weighted by atomic mass is 35.5. The number of nitrogens with one attached hydrogen (secondary N) is 1. The van der Waals surface area contributed by atoms with Crippen molar-refractivity contribution in [3.8, 4) is 0 Å². The van der Waals surface area contributed by atoms with Crippen LogP contribution in [-0.4, -0.2) is 33.3 Å². The highest BCUT2D eigenvalue weighted by molar-refractivity contribution is 7.92. The molecule has 0 amide bonds. The van der Waals surface area contributed by atoms with Crippen LogP contribution in [0, 0.1) is 0 Å². The normalized spacial score (nSPS) is 16.7. The fourth-order valence-electron chi connectivity index (χ4n) is 1.73. The fourth-order valence-corrected chi connectivity index (χ4v) is 3.15. The van der Waals surface area contributed by atoms with E-state index in [-0.39, 0.29) is 12.0 Å². The van der Waals surface area contributed by atoms with Gasteiger partial charge in [0.2, 0.25) is 10.0 Å². The first-order chi connectivity index (χ1) is 9.11. The third-order valence-electron chi connectivity index (χ3n) is 2.62. The molecule has 2 rings (SSSR count). The highest BCUT2D eigenvalue weighted by Gasteiger charge is 2.18. The molecular weight excluding hydrogens is 290 g/mol. The lowest BCUT2D eigenvalue weighted by Crippen LogP contribution is -2.17. The molecule has 1 aliphatic rings. The summed E-state index contributed by atoms with van der Waals surface area (Å²) in [7, 11) is -3.33. The van der Waals surface area contributed by atoms with Crippen molar-refractivity contribution < 1.29 is 17.9 Å². The van der Waals surface area contributed by atoms with Crippen molar-refractivity contribution in [3.05, 3.63) is 29.8 Å². The van der Waals surface area contributed by atoms with E-state index < -0.39 is 10.0 Å². The van der Waals surface area contributed by atoms with Crippen molar-refractivity contribution in [2.45, 2.75) is 12.7 Å². The number of halogens is 1. The predicted octanol–water partition coefficient (Wildman–Crippen LogP) is 2.10. The number of hydrogen-bond donors (Lipinski definition) is 1. The minimum Gasteiger partial charge on any atom is -0.346 e. The van der Waals surface area contributed by atoms with Crippen LogP contribution in [0.1, 0.15) is 18.3 Å². The molecule has 0 saturated carbocycles. The smallest absolute Gasteiger partial charge is 0.232 e. The molecule has 1 aliphatic heterocycles. The highest BCUT2D eigenvalue weighted by Crippen LogP contribution is 2.24. The van der Waals surface area contributed by atoms with Crippen molar-refractivity contribution in [3.63, 3.8) is 0 Å². The number of rotatable bonds is 6. The van der Waals surface area contributed by atoms with E-state index in [0.29, 0.717) is 31.2 Å². The monoisotopic (exact) mass is 305 g/mol. The summed E-state index contributed by atoms with van der Waals surface area (Å²) in [5, 5.41) is 0. The number of alkyl halides is 1. The van der Waals surface area contributed by atoms with Crippen LogP contribution in [0.5, 0.6) is 0 Å². The van der Waals surface area contributed by atoms with Crippen molar-refractivity contribution in [1.82, 2.24) is 0 Å². The van der Waals surface area contributed by atoms with Crippen LogP contribution in [0.4, 0.5) is 5.69 Å². The molecule has 0 aliphatic carbocycles. The van der Waals surface area contributed by atoms with Crippen LogP contribution < -0.4 is 4.72 Å². The molecule has 1 heterocycles. The number of ether oxygens (including phenoxy) is 2. The Hall–Kier alpha value is -0.820. The SMILES string of the molecule is O=S(=O)(CCCCl)Nc1ccc(C2OCCO2)cc1. The van der Waals surface area contributed by atoms with Gasteiger partial charge in [0.25, 0.3) is 0 Å². The Bertz CT molecular complexity index is 497. The van der Waals surface area contributed by atoms with Crippen LogP contribution in [0.25, 0.3) is 0 Å². The van der Waals surface area contributed by atoms with Gasteiger partial charge in [-0.05, 0) is 18.6 Å². The summed E-state index contributed by atoms with van der Waals surface area (Å²) < 4.78 is 36.6. The van der Waals surface area contributed by atoms with Crippen LogP contribution in [0.15, 0.2) is 24.3 Å². The van der Waals surface area contributed by atoms with Gasteiger partial charge >= 0.3 is 0 Å². The fraction of sp³-hybridized carbons (Fsp3) is 0.500. The number of hydrogen-bond acceptors (Lipinski definition) is 4. The molecule has 1 aromatic carbocycles. The zero-order chi connectivity index (χ0) is 13.7. The Morgan fingerprint density at radius 1 is 1.21 bits per heavy atom. The summed E-state index contributed by atoms with van der Waals surface area (Å²) in [6, 6.07) is 6.96. The van der Waals surface area contributed by atoms with Crippen molar-refractivity contribution in [2.75, 3.05) is 29.6 Å². The molecule has 106 valence electrons. The van der Waals surface area contributed by atoms with E-state index in [1.165, 1.54) is 0 Å². The van der Waals surface area contributed by atoms with E-state index in [0.717, 1.165) is 5.56 Å². The maximum atomic E-state index is 11.7. The number of anilines is 1. The van der Waals surface area contributed by atoms with Crippen LogP contribution in [0.3, 0.4) is 0 Å². The lowest BCUT2D eigenvalue weighted by atomic mass is 10.2. The molecule has 0 unspecified atom stereocenters. The molecule has 1 fully saturated rings. The van der Waals surface area contributed by atoms with Crippen molar-refractivity contribution >= 4 is 27.3 Å². The standard InChI is InChI=1S/C12H16ClNO4S/c13-6-1-9-19(15,16)14-11-4-2-10(3-5-11)12-17-7-8-18-12/h2-5,12,14H,1,6-9H2. The first-order valence-electron chi connectivity index (χ1n) is 6.00. The van der Waals surface area contributed by atoms with Gasteiger partial charge in [-0.2, -0.15) is 0 Å². The van der Waals surface area contributed by atoms with Gasteiger partial charge in [-0.25, -0.2) is 8.42 Å². The number of benzene rings is 1. The average molecular weight is 306 g/mol. The maximum absolute atomic E-state index is 11.7. The second-order valence-corrected chi connectivity index (χ2v) is 6.38. The van der Waals surface area contributed by atoms with Crippen molar-refractivity contribution in [1.29, 1.82) is 0 Å². The van der Waals surface area contributed by atoms with E-state index in [4.69, 9.17) is 21.1 Å². The summed E-state index contributed by atoms with van der Waals surface area (Å²) in [6.45, 7) is 1.16. The largest absolute Gasteiger partial charge is 0.346 e. The summed E-state index contributed by atoms with van der Waals surface area (Å²) in [5.41, 5.74) is 1.40. The van der Waals surface area contributed by atoms with Crippen LogP contribution in [-0.2, 0) is 19.5 Å². The molecule has 0 spiro atoms. The molecule has 5 nitrogen and oxygen atoms in total. The topological polar surface area (TPSA) is 64.6 Å². The Kier molecular flexibility index (Phi) is 5.04. The van der Waals surface area contributed by atoms with E-state index in [1.807, 2.05) is 0 Å². The maximum Gasteiger partial charge on any atom is 0.232 e. The lowest BCUT2D eigenvalue weighted by molar-refractivity contribution is -0.0441. The quantitative estimate of drug-likeness (QED) is 0.818. The van der Waals surface area contributed by atoms with Gasteiger partial charge in [0, 0.05) is 17.1 Å². The Balaban J connectivity index is 1.98. The van der Waals surface area contributed by atoms with Gasteiger partial charge in [-0.1, -0.05) is 12.1 Å². The Morgan fingerprint density at radius 3 is 2.42 bits per heavy atom. The van der Waals surface area contributed by atoms with Crippen LogP contribution in [0.2, 0.25) is 0 Å². The zero-order valence-corrected chi connectivity index (χ0v) is 11.9. The van der Waals surface area contributed by atoms with E-state index in [1.54, 1.807) is 24.3 Å². The summed E-state index contributed by atoms with van der Waals surface area (Å²) in [5.74, 6) is 0.351. The van der Waals surface area contributed by atoms with Gasteiger partial charge in [0.05, 0.1) is 19.0 Å². The van der Waals surface area contributed by atoms with E-state index in [9.17, 15) is 8.42 Å². The summed E-state index contributed by atoms with van der Waals surface area (Å²) in [4.78, 5) is 0. The molecule has 7 heteroatoms. The first-order valence-corrected chi connectivity index (χ1v) is 8.19. The third-order valence-corrected chi connectivity index (χ3v) is 4.26. The molecular formula is C12H16ClNO4S. The summed E-state index contributed by atoms with van der Waals surface area (Å²) >= 11 is 5.48. The first kappa shape index (κ1) is 14.6. The van der Waals surface area contributed by atoms with E-state index in [2.05, 4.69) is 4.72 Å². The third kappa shape index (κ3) is 4.35. The van der Waals surface area contributed by atoms with Gasteiger partial charge in [0.15, 0.2) is 6.29 Å². The minimum atomic E-state index is -3.33. The molecule has 19 heavy (non-hydrogen) atoms. The molecule has 0 bridgehead atoms. The number of sulfonamides is 1. The zero-order valence-electron chi connectivity index (χ0n) is 10.3. The molecule has 1 aromatic rings. The molecule has 0 radical (unpaired) electrons. The van der Waals surface area contributed by atoms with Gasteiger partial charge < -0.3 is 9.47 Å². The predicted molar refractivity (Wildman–Crippen MR) is 73.8 cm³/mol. The van der Waals surface area contributed by atoms with Gasteiger partial charge in [-0.3, -0.25) is 4.72 Å². The van der Waals surface area contributed by atoms with Gasteiger partial charge in [0.1, 0.15) is 0 Å². The Labute approximate surface area is 117 Å². The lowest BCUT2D eigenvalue weighted by Gasteiger charge is -2.11. The van der Waals surface area contributed by atoms with Gasteiger partial charge in [-0.15, -0.1) is 11.6 Å². The average Bonchev–Trinajstić information content (AvgIpc) is 2.91. The molecule has 0 aromatic heterocycles. The van der Waals surface area contributed by atoms with Crippen LogP contribution >= 0.6 is 11.6 Å². The molecule has 0 atom stereocenters. The summed E-state index contributed by atoms with van der Waals surface area (Å²) in [6.07, 6.45) is 0.0838. The Morgan fingerprint density at radius 2 is 1.84 bits per heavy atom. The second-order valence-electron chi connectivity index (χ2n) is 4.16. The molecule has 1 N–H and O–H groups in total. The van der Waals surface area contributed by atoms with E-state index >= 15 is 0 Å². The second kappa shape index (κ2) is 6.56.